The molecule has 1 aliphatic rings. The van der Waals surface area contributed by atoms with E-state index in [9.17, 15) is 4.39 Å². The Balaban J connectivity index is 2.08. The average molecular weight is 242 g/mol. The molecular weight excluding hydrogens is 227 g/mol. The standard InChI is InChI=1S/C15H15FN2/c1-3-11(2)4-9-14-10-15(18-17-14)12-5-7-13(16)8-6-12/h3-9,17H,1,10H2,2H3/b11-4-,14-9+. The Labute approximate surface area is 106 Å². The first-order valence-electron chi connectivity index (χ1n) is 5.77. The molecule has 0 aromatic heterocycles. The van der Waals surface area contributed by atoms with Gasteiger partial charge in [0.1, 0.15) is 5.82 Å². The first-order valence-corrected chi connectivity index (χ1v) is 5.77. The van der Waals surface area contributed by atoms with Crippen molar-refractivity contribution in [3.63, 3.8) is 0 Å². The van der Waals surface area contributed by atoms with Crippen molar-refractivity contribution < 1.29 is 4.39 Å². The molecule has 0 aliphatic carbocycles. The van der Waals surface area contributed by atoms with Gasteiger partial charge in [0.25, 0.3) is 0 Å². The van der Waals surface area contributed by atoms with Gasteiger partial charge in [-0.15, -0.1) is 0 Å². The van der Waals surface area contributed by atoms with E-state index in [0.29, 0.717) is 0 Å². The SMILES string of the molecule is C=C/C(C)=C\C=C1/CC(c2ccc(F)cc2)=NN1. The Morgan fingerprint density at radius 3 is 2.78 bits per heavy atom. The van der Waals surface area contributed by atoms with Crippen LogP contribution >= 0.6 is 0 Å². The molecule has 0 saturated carbocycles. The minimum Gasteiger partial charge on any atom is -0.282 e. The van der Waals surface area contributed by atoms with Crippen LogP contribution in [0.5, 0.6) is 0 Å². The highest BCUT2D eigenvalue weighted by Gasteiger charge is 2.12. The Morgan fingerprint density at radius 1 is 1.39 bits per heavy atom. The lowest BCUT2D eigenvalue weighted by molar-refractivity contribution is 0.628. The minimum absolute atomic E-state index is 0.231. The number of hydrogen-bond donors (Lipinski definition) is 1. The van der Waals surface area contributed by atoms with Crippen molar-refractivity contribution in [2.75, 3.05) is 0 Å². The van der Waals surface area contributed by atoms with Crippen LogP contribution in [0.4, 0.5) is 4.39 Å². The molecule has 1 heterocycles. The lowest BCUT2D eigenvalue weighted by Gasteiger charge is -1.98. The molecule has 2 rings (SSSR count). The highest BCUT2D eigenvalue weighted by Crippen LogP contribution is 2.15. The maximum atomic E-state index is 12.8. The number of hydrogen-bond acceptors (Lipinski definition) is 2. The fourth-order valence-electron chi connectivity index (χ4n) is 1.60. The van der Waals surface area contributed by atoms with Gasteiger partial charge in [-0.05, 0) is 30.7 Å². The van der Waals surface area contributed by atoms with Crippen molar-refractivity contribution >= 4 is 5.71 Å². The number of hydrazone groups is 1. The van der Waals surface area contributed by atoms with Crippen LogP contribution in [0.2, 0.25) is 0 Å². The monoisotopic (exact) mass is 242 g/mol. The summed E-state index contributed by atoms with van der Waals surface area (Å²) in [6.45, 7) is 5.68. The van der Waals surface area contributed by atoms with Gasteiger partial charge in [0.15, 0.2) is 0 Å². The van der Waals surface area contributed by atoms with Crippen molar-refractivity contribution in [2.45, 2.75) is 13.3 Å². The third-order valence-corrected chi connectivity index (χ3v) is 2.74. The Hall–Kier alpha value is -2.16. The highest BCUT2D eigenvalue weighted by molar-refractivity contribution is 6.03. The number of nitrogens with zero attached hydrogens (tertiary/aromatic N) is 1. The van der Waals surface area contributed by atoms with Crippen LogP contribution < -0.4 is 5.43 Å². The molecule has 1 aliphatic heterocycles. The second-order valence-corrected chi connectivity index (χ2v) is 4.16. The van der Waals surface area contributed by atoms with E-state index in [-0.39, 0.29) is 5.82 Å². The van der Waals surface area contributed by atoms with Crippen molar-refractivity contribution in [3.05, 3.63) is 71.7 Å². The van der Waals surface area contributed by atoms with E-state index in [4.69, 9.17) is 0 Å². The van der Waals surface area contributed by atoms with Crippen LogP contribution in [0.3, 0.4) is 0 Å². The Bertz CT molecular complexity index is 536. The quantitative estimate of drug-likeness (QED) is 0.805. The predicted molar refractivity (Wildman–Crippen MR) is 72.7 cm³/mol. The Kier molecular flexibility index (Phi) is 3.72. The van der Waals surface area contributed by atoms with Gasteiger partial charge in [0.2, 0.25) is 0 Å². The molecule has 1 aromatic carbocycles. The molecule has 18 heavy (non-hydrogen) atoms. The molecule has 0 spiro atoms. The predicted octanol–water partition coefficient (Wildman–Crippen LogP) is 3.54. The molecule has 92 valence electrons. The van der Waals surface area contributed by atoms with Crippen molar-refractivity contribution in [1.82, 2.24) is 5.43 Å². The summed E-state index contributed by atoms with van der Waals surface area (Å²) in [6, 6.07) is 6.37. The van der Waals surface area contributed by atoms with Crippen LogP contribution in [0.25, 0.3) is 0 Å². The number of nitrogens with one attached hydrogen (secondary N) is 1. The summed E-state index contributed by atoms with van der Waals surface area (Å²) in [7, 11) is 0. The molecule has 0 saturated heterocycles. The van der Waals surface area contributed by atoms with Crippen molar-refractivity contribution in [2.24, 2.45) is 5.10 Å². The molecule has 1 N–H and O–H groups in total. The lowest BCUT2D eigenvalue weighted by Crippen LogP contribution is -1.97. The normalized spacial score (nSPS) is 17.6. The van der Waals surface area contributed by atoms with Crippen LogP contribution in [0.1, 0.15) is 18.9 Å². The maximum absolute atomic E-state index is 12.8. The van der Waals surface area contributed by atoms with Crippen LogP contribution in [0.15, 0.2) is 65.4 Å². The largest absolute Gasteiger partial charge is 0.282 e. The molecular formula is C15H15FN2. The van der Waals surface area contributed by atoms with Crippen molar-refractivity contribution in [3.8, 4) is 0 Å². The van der Waals surface area contributed by atoms with Gasteiger partial charge < -0.3 is 0 Å². The third-order valence-electron chi connectivity index (χ3n) is 2.74. The second-order valence-electron chi connectivity index (χ2n) is 4.16. The summed E-state index contributed by atoms with van der Waals surface area (Å²) in [5.74, 6) is -0.231. The zero-order chi connectivity index (χ0) is 13.0. The molecule has 0 atom stereocenters. The number of halogens is 1. The van der Waals surface area contributed by atoms with Crippen LogP contribution in [-0.4, -0.2) is 5.71 Å². The van der Waals surface area contributed by atoms with E-state index >= 15 is 0 Å². The van der Waals surface area contributed by atoms with E-state index < -0.39 is 0 Å². The summed E-state index contributed by atoms with van der Waals surface area (Å²) < 4.78 is 12.8. The summed E-state index contributed by atoms with van der Waals surface area (Å²) in [5, 5.41) is 4.24. The fraction of sp³-hybridized carbons (Fsp3) is 0.133. The van der Waals surface area contributed by atoms with Gasteiger partial charge in [0.05, 0.1) is 5.71 Å². The third kappa shape index (κ3) is 2.94. The molecule has 0 amide bonds. The topological polar surface area (TPSA) is 24.4 Å². The van der Waals surface area contributed by atoms with E-state index in [2.05, 4.69) is 17.1 Å². The zero-order valence-corrected chi connectivity index (χ0v) is 10.3. The first kappa shape index (κ1) is 12.3. The summed E-state index contributed by atoms with van der Waals surface area (Å²) in [6.07, 6.45) is 6.50. The van der Waals surface area contributed by atoms with Gasteiger partial charge in [0, 0.05) is 12.1 Å². The maximum Gasteiger partial charge on any atom is 0.123 e. The second kappa shape index (κ2) is 5.45. The molecule has 3 heteroatoms. The van der Waals surface area contributed by atoms with E-state index in [1.807, 2.05) is 19.1 Å². The summed E-state index contributed by atoms with van der Waals surface area (Å²) >= 11 is 0. The summed E-state index contributed by atoms with van der Waals surface area (Å²) in [5.41, 5.74) is 6.96. The molecule has 0 radical (unpaired) electrons. The Morgan fingerprint density at radius 2 is 2.11 bits per heavy atom. The van der Waals surface area contributed by atoms with E-state index in [1.54, 1.807) is 18.2 Å². The molecule has 1 aromatic rings. The van der Waals surface area contributed by atoms with Crippen LogP contribution in [-0.2, 0) is 0 Å². The first-order chi connectivity index (χ1) is 8.69. The van der Waals surface area contributed by atoms with Gasteiger partial charge in [-0.1, -0.05) is 36.4 Å². The highest BCUT2D eigenvalue weighted by atomic mass is 19.1. The average Bonchev–Trinajstić information content (AvgIpc) is 2.85. The number of rotatable bonds is 3. The van der Waals surface area contributed by atoms with Crippen LogP contribution in [0, 0.1) is 5.82 Å². The smallest absolute Gasteiger partial charge is 0.123 e. The lowest BCUT2D eigenvalue weighted by atomic mass is 10.1. The van der Waals surface area contributed by atoms with Gasteiger partial charge >= 0.3 is 0 Å². The van der Waals surface area contributed by atoms with Gasteiger partial charge in [-0.25, -0.2) is 4.39 Å². The van der Waals surface area contributed by atoms with E-state index in [1.165, 1.54) is 12.1 Å². The fourth-order valence-corrected chi connectivity index (χ4v) is 1.60. The summed E-state index contributed by atoms with van der Waals surface area (Å²) in [4.78, 5) is 0. The molecule has 0 bridgehead atoms. The number of benzene rings is 1. The molecule has 0 fully saturated rings. The van der Waals surface area contributed by atoms with Gasteiger partial charge in [-0.2, -0.15) is 5.10 Å². The zero-order valence-electron chi connectivity index (χ0n) is 10.3. The minimum atomic E-state index is -0.231. The molecule has 0 unspecified atom stereocenters. The number of allylic oxidation sites excluding steroid dienone is 5. The van der Waals surface area contributed by atoms with Crippen molar-refractivity contribution in [1.29, 1.82) is 0 Å². The molecule has 2 nitrogen and oxygen atoms in total. The van der Waals surface area contributed by atoms with Gasteiger partial charge in [-0.3, -0.25) is 5.43 Å². The van der Waals surface area contributed by atoms with E-state index in [0.717, 1.165) is 29.0 Å².